The van der Waals surface area contributed by atoms with Gasteiger partial charge in [0, 0.05) is 19.7 Å². The molecule has 168 valence electrons. The minimum absolute atomic E-state index is 0.0167. The van der Waals surface area contributed by atoms with Crippen LogP contribution in [0.3, 0.4) is 0 Å². The van der Waals surface area contributed by atoms with Crippen LogP contribution in [0.4, 0.5) is 8.78 Å². The lowest BCUT2D eigenvalue weighted by Gasteiger charge is -2.20. The fourth-order valence-electron chi connectivity index (χ4n) is 2.90. The van der Waals surface area contributed by atoms with Gasteiger partial charge >= 0.3 is 5.97 Å². The van der Waals surface area contributed by atoms with Gasteiger partial charge in [-0.1, -0.05) is 6.07 Å². The molecule has 0 aromatic heterocycles. The Balaban J connectivity index is 1.88. The zero-order valence-corrected chi connectivity index (χ0v) is 18.0. The van der Waals surface area contributed by atoms with Gasteiger partial charge in [-0.3, -0.25) is 4.79 Å². The number of cyclic esters (lactones) is 1. The molecule has 1 aliphatic rings. The highest BCUT2D eigenvalue weighted by molar-refractivity contribution is 6.12. The molecular formula is C23H22F2N2O5. The van der Waals surface area contributed by atoms with Crippen LogP contribution in [0.15, 0.2) is 47.1 Å². The predicted molar refractivity (Wildman–Crippen MR) is 113 cm³/mol. The molecule has 7 nitrogen and oxygen atoms in total. The average molecular weight is 444 g/mol. The van der Waals surface area contributed by atoms with Crippen LogP contribution >= 0.6 is 0 Å². The Hall–Kier alpha value is -3.75. The molecule has 2 aromatic carbocycles. The number of aliphatic imine (C=N–C) groups is 1. The van der Waals surface area contributed by atoms with E-state index in [1.54, 1.807) is 46.1 Å². The topological polar surface area (TPSA) is 77.4 Å². The number of nitrogens with zero attached hydrogens (tertiary/aromatic N) is 2. The molecule has 0 aliphatic carbocycles. The van der Waals surface area contributed by atoms with Crippen molar-refractivity contribution in [2.45, 2.75) is 20.0 Å². The highest BCUT2D eigenvalue weighted by atomic mass is 19.2. The highest BCUT2D eigenvalue weighted by Crippen LogP contribution is 2.31. The lowest BCUT2D eigenvalue weighted by atomic mass is 10.1. The second-order valence-corrected chi connectivity index (χ2v) is 7.10. The van der Waals surface area contributed by atoms with Crippen molar-refractivity contribution in [1.29, 1.82) is 0 Å². The molecule has 0 bridgehead atoms. The summed E-state index contributed by atoms with van der Waals surface area (Å²) in [4.78, 5) is 29.8. The number of carbonyl (C=O) groups is 2. The monoisotopic (exact) mass is 444 g/mol. The highest BCUT2D eigenvalue weighted by Gasteiger charge is 2.25. The summed E-state index contributed by atoms with van der Waals surface area (Å²) in [7, 11) is 3.27. The summed E-state index contributed by atoms with van der Waals surface area (Å²) in [5.41, 5.74) is 0.686. The summed E-state index contributed by atoms with van der Waals surface area (Å²) in [6.07, 6.45) is 0.747. The minimum atomic E-state index is -1.07. The molecule has 3 rings (SSSR count). The zero-order chi connectivity index (χ0) is 23.4. The first-order valence-electron chi connectivity index (χ1n) is 9.82. The van der Waals surface area contributed by atoms with Crippen molar-refractivity contribution in [1.82, 2.24) is 4.90 Å². The van der Waals surface area contributed by atoms with E-state index in [4.69, 9.17) is 14.2 Å². The molecule has 1 amide bonds. The summed E-state index contributed by atoms with van der Waals surface area (Å²) < 4.78 is 43.1. The fourth-order valence-corrected chi connectivity index (χ4v) is 2.90. The first kappa shape index (κ1) is 22.9. The third-order valence-electron chi connectivity index (χ3n) is 4.45. The molecule has 0 saturated carbocycles. The van der Waals surface area contributed by atoms with E-state index in [0.717, 1.165) is 12.1 Å². The van der Waals surface area contributed by atoms with E-state index >= 15 is 0 Å². The van der Waals surface area contributed by atoms with Gasteiger partial charge in [0.2, 0.25) is 5.90 Å². The van der Waals surface area contributed by atoms with Crippen LogP contribution in [0.2, 0.25) is 0 Å². The SMILES string of the molecule is CCOc1cc(C=C2N=C(c3ccc(F)c(F)c3)OC2=O)ccc1OC(C)C(=O)N(C)C. The van der Waals surface area contributed by atoms with Gasteiger partial charge in [0.15, 0.2) is 34.9 Å². The summed E-state index contributed by atoms with van der Waals surface area (Å²) >= 11 is 0. The summed E-state index contributed by atoms with van der Waals surface area (Å²) in [5.74, 6) is -2.38. The van der Waals surface area contributed by atoms with Crippen LogP contribution in [0.25, 0.3) is 6.08 Å². The maximum atomic E-state index is 13.5. The van der Waals surface area contributed by atoms with Crippen LogP contribution in [-0.4, -0.2) is 49.5 Å². The number of hydrogen-bond acceptors (Lipinski definition) is 6. The summed E-state index contributed by atoms with van der Waals surface area (Å²) in [5, 5.41) is 0. The maximum Gasteiger partial charge on any atom is 0.363 e. The van der Waals surface area contributed by atoms with Crippen molar-refractivity contribution < 1.29 is 32.6 Å². The largest absolute Gasteiger partial charge is 0.490 e. The second-order valence-electron chi connectivity index (χ2n) is 7.10. The third kappa shape index (κ3) is 5.11. The van der Waals surface area contributed by atoms with E-state index in [0.29, 0.717) is 23.7 Å². The van der Waals surface area contributed by atoms with Crippen LogP contribution in [0, 0.1) is 11.6 Å². The molecule has 9 heteroatoms. The van der Waals surface area contributed by atoms with Crippen LogP contribution in [-0.2, 0) is 14.3 Å². The Morgan fingerprint density at radius 2 is 1.91 bits per heavy atom. The molecular weight excluding hydrogens is 422 g/mol. The van der Waals surface area contributed by atoms with Gasteiger partial charge < -0.3 is 19.1 Å². The molecule has 32 heavy (non-hydrogen) atoms. The van der Waals surface area contributed by atoms with Crippen LogP contribution in [0.5, 0.6) is 11.5 Å². The molecule has 0 spiro atoms. The van der Waals surface area contributed by atoms with Crippen molar-refractivity contribution >= 4 is 23.9 Å². The Kier molecular flexibility index (Phi) is 6.87. The molecule has 1 aliphatic heterocycles. The van der Waals surface area contributed by atoms with E-state index in [1.807, 2.05) is 0 Å². The number of amides is 1. The molecule has 1 atom stereocenters. The molecule has 2 aromatic rings. The number of hydrogen-bond donors (Lipinski definition) is 0. The van der Waals surface area contributed by atoms with E-state index < -0.39 is 23.7 Å². The van der Waals surface area contributed by atoms with Gasteiger partial charge in [-0.2, -0.15) is 0 Å². The number of halogens is 2. The molecule has 1 heterocycles. The number of carbonyl (C=O) groups excluding carboxylic acids is 2. The number of likely N-dealkylation sites (N-methyl/N-ethyl adjacent to an activating group) is 1. The van der Waals surface area contributed by atoms with Gasteiger partial charge in [0.25, 0.3) is 5.91 Å². The second kappa shape index (κ2) is 9.59. The average Bonchev–Trinajstić information content (AvgIpc) is 3.11. The van der Waals surface area contributed by atoms with Gasteiger partial charge in [-0.05, 0) is 55.8 Å². The number of rotatable bonds is 7. The number of ether oxygens (including phenoxy) is 3. The third-order valence-corrected chi connectivity index (χ3v) is 4.45. The van der Waals surface area contributed by atoms with Crippen LogP contribution in [0.1, 0.15) is 25.0 Å². The van der Waals surface area contributed by atoms with Crippen molar-refractivity contribution in [3.8, 4) is 11.5 Å². The quantitative estimate of drug-likeness (QED) is 0.482. The van der Waals surface area contributed by atoms with E-state index in [2.05, 4.69) is 4.99 Å². The predicted octanol–water partition coefficient (Wildman–Crippen LogP) is 3.56. The van der Waals surface area contributed by atoms with Crippen molar-refractivity contribution in [2.24, 2.45) is 4.99 Å². The van der Waals surface area contributed by atoms with E-state index in [-0.39, 0.29) is 23.1 Å². The van der Waals surface area contributed by atoms with E-state index in [1.165, 1.54) is 17.0 Å². The number of benzene rings is 2. The zero-order valence-electron chi connectivity index (χ0n) is 18.0. The van der Waals surface area contributed by atoms with Crippen molar-refractivity contribution in [3.05, 3.63) is 64.9 Å². The van der Waals surface area contributed by atoms with Crippen LogP contribution < -0.4 is 9.47 Å². The summed E-state index contributed by atoms with van der Waals surface area (Å²) in [6, 6.07) is 8.02. The molecule has 0 N–H and O–H groups in total. The lowest BCUT2D eigenvalue weighted by molar-refractivity contribution is -0.135. The first-order valence-corrected chi connectivity index (χ1v) is 9.82. The van der Waals surface area contributed by atoms with Gasteiger partial charge in [-0.25, -0.2) is 18.6 Å². The Labute approximate surface area is 183 Å². The van der Waals surface area contributed by atoms with E-state index in [9.17, 15) is 18.4 Å². The fraction of sp³-hybridized carbons (Fsp3) is 0.261. The smallest absolute Gasteiger partial charge is 0.363 e. The van der Waals surface area contributed by atoms with Crippen molar-refractivity contribution in [2.75, 3.05) is 20.7 Å². The number of esters is 1. The Bertz CT molecular complexity index is 1110. The standard InChI is InChI=1S/C23H22F2N2O5/c1-5-30-20-11-14(6-9-19(20)31-13(2)22(28)27(3)4)10-18-23(29)32-21(26-18)15-7-8-16(24)17(25)12-15/h6-13H,5H2,1-4H3. The first-order chi connectivity index (χ1) is 15.2. The van der Waals surface area contributed by atoms with Gasteiger partial charge in [0.1, 0.15) is 0 Å². The van der Waals surface area contributed by atoms with Gasteiger partial charge in [0.05, 0.1) is 6.61 Å². The molecule has 0 fully saturated rings. The lowest BCUT2D eigenvalue weighted by Crippen LogP contribution is -2.35. The Morgan fingerprint density at radius 1 is 1.16 bits per heavy atom. The maximum absolute atomic E-state index is 13.5. The molecule has 0 radical (unpaired) electrons. The normalized spacial score (nSPS) is 15.2. The summed E-state index contributed by atoms with van der Waals surface area (Å²) in [6.45, 7) is 3.79. The van der Waals surface area contributed by atoms with Gasteiger partial charge in [-0.15, -0.1) is 0 Å². The molecule has 1 unspecified atom stereocenters. The minimum Gasteiger partial charge on any atom is -0.490 e. The molecule has 0 saturated heterocycles. The van der Waals surface area contributed by atoms with Crippen molar-refractivity contribution in [3.63, 3.8) is 0 Å². The Morgan fingerprint density at radius 3 is 2.56 bits per heavy atom.